The Morgan fingerprint density at radius 2 is 2.43 bits per heavy atom. The first-order valence-corrected chi connectivity index (χ1v) is 5.41. The highest BCUT2D eigenvalue weighted by Gasteiger charge is 2.21. The van der Waals surface area contributed by atoms with Crippen molar-refractivity contribution in [1.82, 2.24) is 20.1 Å². The van der Waals surface area contributed by atoms with E-state index in [1.807, 2.05) is 11.7 Å². The van der Waals surface area contributed by atoms with E-state index in [9.17, 15) is 0 Å². The van der Waals surface area contributed by atoms with Crippen molar-refractivity contribution in [2.45, 2.75) is 32.1 Å². The average Bonchev–Trinajstić information content (AvgIpc) is 2.74. The van der Waals surface area contributed by atoms with E-state index in [2.05, 4.69) is 22.3 Å². The van der Waals surface area contributed by atoms with Crippen molar-refractivity contribution in [1.29, 1.82) is 0 Å². The van der Waals surface area contributed by atoms with Gasteiger partial charge in [0.15, 0.2) is 5.82 Å². The van der Waals surface area contributed by atoms with E-state index in [4.69, 9.17) is 0 Å². The third-order valence-electron chi connectivity index (χ3n) is 2.74. The molecule has 0 saturated carbocycles. The van der Waals surface area contributed by atoms with Gasteiger partial charge < -0.3 is 5.32 Å². The summed E-state index contributed by atoms with van der Waals surface area (Å²) in [7, 11) is 2.00. The molecular weight excluding hydrogens is 176 g/mol. The van der Waals surface area contributed by atoms with Crippen molar-refractivity contribution in [3.63, 3.8) is 0 Å². The number of nitrogens with zero attached hydrogens (tertiary/aromatic N) is 3. The largest absolute Gasteiger partial charge is 0.316 e. The van der Waals surface area contributed by atoms with E-state index in [1.165, 1.54) is 6.42 Å². The van der Waals surface area contributed by atoms with Gasteiger partial charge in [0.1, 0.15) is 5.82 Å². The fourth-order valence-corrected chi connectivity index (χ4v) is 2.01. The molecule has 0 aromatic carbocycles. The second kappa shape index (κ2) is 4.09. The average molecular weight is 194 g/mol. The van der Waals surface area contributed by atoms with Gasteiger partial charge in [-0.3, -0.25) is 4.68 Å². The first-order chi connectivity index (χ1) is 6.81. The topological polar surface area (TPSA) is 42.7 Å². The molecular formula is C10H18N4. The van der Waals surface area contributed by atoms with Gasteiger partial charge >= 0.3 is 0 Å². The van der Waals surface area contributed by atoms with Gasteiger partial charge in [0.2, 0.25) is 0 Å². The monoisotopic (exact) mass is 194 g/mol. The lowest BCUT2D eigenvalue weighted by molar-refractivity contribution is 0.620. The van der Waals surface area contributed by atoms with Gasteiger partial charge in [0, 0.05) is 25.9 Å². The van der Waals surface area contributed by atoms with Crippen LogP contribution in [0.2, 0.25) is 0 Å². The predicted octanol–water partition coefficient (Wildman–Crippen LogP) is 0.844. The minimum absolute atomic E-state index is 0.568. The van der Waals surface area contributed by atoms with Gasteiger partial charge in [-0.05, 0) is 19.4 Å². The molecule has 78 valence electrons. The number of hydrogen-bond donors (Lipinski definition) is 1. The van der Waals surface area contributed by atoms with E-state index in [1.54, 1.807) is 0 Å². The molecule has 0 spiro atoms. The number of aromatic nitrogens is 3. The van der Waals surface area contributed by atoms with Crippen LogP contribution in [0.4, 0.5) is 0 Å². The normalized spacial score (nSPS) is 21.7. The Morgan fingerprint density at radius 3 is 3.07 bits per heavy atom. The van der Waals surface area contributed by atoms with Crippen LogP contribution in [0.3, 0.4) is 0 Å². The molecule has 1 aromatic rings. The van der Waals surface area contributed by atoms with E-state index >= 15 is 0 Å². The summed E-state index contributed by atoms with van der Waals surface area (Å²) >= 11 is 0. The van der Waals surface area contributed by atoms with Crippen LogP contribution in [-0.4, -0.2) is 27.9 Å². The minimum atomic E-state index is 0.568. The van der Waals surface area contributed by atoms with Gasteiger partial charge in [-0.2, -0.15) is 5.10 Å². The van der Waals surface area contributed by atoms with Gasteiger partial charge in [0.25, 0.3) is 0 Å². The molecule has 1 N–H and O–H groups in total. The lowest BCUT2D eigenvalue weighted by Crippen LogP contribution is -2.11. The zero-order valence-electron chi connectivity index (χ0n) is 8.95. The third kappa shape index (κ3) is 1.80. The number of aryl methyl sites for hydroxylation is 2. The molecule has 4 nitrogen and oxygen atoms in total. The molecule has 1 fully saturated rings. The lowest BCUT2D eigenvalue weighted by Gasteiger charge is -2.05. The maximum atomic E-state index is 4.59. The number of hydrogen-bond acceptors (Lipinski definition) is 3. The number of nitrogens with one attached hydrogen (secondary N) is 1. The Kier molecular flexibility index (Phi) is 2.82. The Hall–Kier alpha value is -0.900. The van der Waals surface area contributed by atoms with Crippen molar-refractivity contribution in [2.75, 3.05) is 13.1 Å². The molecule has 0 aliphatic carbocycles. The molecule has 1 aliphatic rings. The molecule has 1 aliphatic heterocycles. The summed E-state index contributed by atoms with van der Waals surface area (Å²) in [4.78, 5) is 4.59. The molecule has 2 heterocycles. The van der Waals surface area contributed by atoms with E-state index in [-0.39, 0.29) is 0 Å². The summed E-state index contributed by atoms with van der Waals surface area (Å²) < 4.78 is 1.95. The summed E-state index contributed by atoms with van der Waals surface area (Å²) in [6, 6.07) is 0. The zero-order chi connectivity index (χ0) is 9.97. The summed E-state index contributed by atoms with van der Waals surface area (Å²) in [5.41, 5.74) is 0. The maximum Gasteiger partial charge on any atom is 0.150 e. The molecule has 2 rings (SSSR count). The quantitative estimate of drug-likeness (QED) is 0.775. The van der Waals surface area contributed by atoms with Crippen molar-refractivity contribution in [3.8, 4) is 0 Å². The standard InChI is InChI=1S/C10H18N4/c1-3-4-9-12-10(14(2)13-9)8-5-6-11-7-8/h8,11H,3-7H2,1-2H3. The highest BCUT2D eigenvalue weighted by atomic mass is 15.3. The summed E-state index contributed by atoms with van der Waals surface area (Å²) in [5.74, 6) is 2.72. The van der Waals surface area contributed by atoms with Crippen LogP contribution < -0.4 is 5.32 Å². The fraction of sp³-hybridized carbons (Fsp3) is 0.800. The van der Waals surface area contributed by atoms with Crippen molar-refractivity contribution >= 4 is 0 Å². The molecule has 1 unspecified atom stereocenters. The molecule has 0 amide bonds. The Balaban J connectivity index is 2.15. The van der Waals surface area contributed by atoms with Crippen LogP contribution >= 0.6 is 0 Å². The second-order valence-electron chi connectivity index (χ2n) is 3.95. The summed E-state index contributed by atoms with van der Waals surface area (Å²) in [5, 5.41) is 7.78. The first-order valence-electron chi connectivity index (χ1n) is 5.41. The SMILES string of the molecule is CCCc1nc(C2CCNC2)n(C)n1. The van der Waals surface area contributed by atoms with Crippen LogP contribution in [0.25, 0.3) is 0 Å². The second-order valence-corrected chi connectivity index (χ2v) is 3.95. The van der Waals surface area contributed by atoms with Crippen molar-refractivity contribution in [2.24, 2.45) is 7.05 Å². The number of rotatable bonds is 3. The summed E-state index contributed by atoms with van der Waals surface area (Å²) in [6.45, 7) is 4.33. The zero-order valence-corrected chi connectivity index (χ0v) is 8.95. The van der Waals surface area contributed by atoms with Gasteiger partial charge in [-0.1, -0.05) is 6.92 Å². The Labute approximate surface area is 84.7 Å². The highest BCUT2D eigenvalue weighted by Crippen LogP contribution is 2.19. The minimum Gasteiger partial charge on any atom is -0.316 e. The molecule has 1 aromatic heterocycles. The highest BCUT2D eigenvalue weighted by molar-refractivity contribution is 5.03. The van der Waals surface area contributed by atoms with Crippen LogP contribution in [0.15, 0.2) is 0 Å². The Morgan fingerprint density at radius 1 is 1.57 bits per heavy atom. The molecule has 0 bridgehead atoms. The maximum absolute atomic E-state index is 4.59. The van der Waals surface area contributed by atoms with E-state index in [0.717, 1.165) is 37.6 Å². The lowest BCUT2D eigenvalue weighted by atomic mass is 10.1. The third-order valence-corrected chi connectivity index (χ3v) is 2.74. The van der Waals surface area contributed by atoms with Crippen molar-refractivity contribution < 1.29 is 0 Å². The van der Waals surface area contributed by atoms with Gasteiger partial charge in [-0.15, -0.1) is 0 Å². The summed E-state index contributed by atoms with van der Waals surface area (Å²) in [6.07, 6.45) is 3.30. The smallest absolute Gasteiger partial charge is 0.150 e. The van der Waals surface area contributed by atoms with E-state index < -0.39 is 0 Å². The van der Waals surface area contributed by atoms with Gasteiger partial charge in [0.05, 0.1) is 0 Å². The van der Waals surface area contributed by atoms with Gasteiger partial charge in [-0.25, -0.2) is 4.98 Å². The van der Waals surface area contributed by atoms with Crippen LogP contribution in [0.1, 0.15) is 37.3 Å². The molecule has 1 saturated heterocycles. The molecule has 4 heteroatoms. The Bertz CT molecular complexity index is 299. The molecule has 14 heavy (non-hydrogen) atoms. The van der Waals surface area contributed by atoms with Crippen LogP contribution in [-0.2, 0) is 13.5 Å². The molecule has 1 atom stereocenters. The predicted molar refractivity (Wildman–Crippen MR) is 55.2 cm³/mol. The van der Waals surface area contributed by atoms with E-state index in [0.29, 0.717) is 5.92 Å². The van der Waals surface area contributed by atoms with Crippen LogP contribution in [0.5, 0.6) is 0 Å². The van der Waals surface area contributed by atoms with Crippen LogP contribution in [0, 0.1) is 0 Å². The fourth-order valence-electron chi connectivity index (χ4n) is 2.01. The van der Waals surface area contributed by atoms with Crippen molar-refractivity contribution in [3.05, 3.63) is 11.6 Å². The first kappa shape index (κ1) is 9.65. The molecule has 0 radical (unpaired) electrons.